The van der Waals surface area contributed by atoms with Gasteiger partial charge in [-0.1, -0.05) is 0 Å². The largest absolute Gasteiger partial charge is 0.475 e. The fourth-order valence-electron chi connectivity index (χ4n) is 1.79. The van der Waals surface area contributed by atoms with E-state index in [1.165, 1.54) is 22.7 Å². The van der Waals surface area contributed by atoms with E-state index in [9.17, 15) is 4.79 Å². The van der Waals surface area contributed by atoms with Gasteiger partial charge in [0.2, 0.25) is 10.8 Å². The maximum atomic E-state index is 11.1. The van der Waals surface area contributed by atoms with Crippen molar-refractivity contribution < 1.29 is 9.90 Å². The Morgan fingerprint density at radius 1 is 1.39 bits per heavy atom. The van der Waals surface area contributed by atoms with E-state index >= 15 is 0 Å². The molecule has 0 aliphatic carbocycles. The number of hydrogen-bond acceptors (Lipinski definition) is 6. The summed E-state index contributed by atoms with van der Waals surface area (Å²) in [6.45, 7) is 3.84. The molecule has 0 radical (unpaired) electrons. The molecule has 0 unspecified atom stereocenters. The van der Waals surface area contributed by atoms with Gasteiger partial charge in [-0.15, -0.1) is 32.9 Å². The fraction of sp³-hybridized carbons (Fsp3) is 0.200. The van der Waals surface area contributed by atoms with Crippen LogP contribution in [0.4, 0.5) is 0 Å². The predicted molar refractivity (Wildman–Crippen MR) is 68.4 cm³/mol. The minimum Gasteiger partial charge on any atom is -0.475 e. The van der Waals surface area contributed by atoms with Gasteiger partial charge >= 0.3 is 5.97 Å². The number of carbonyl (C=O) groups is 1. The van der Waals surface area contributed by atoms with Gasteiger partial charge in [0.15, 0.2) is 0 Å². The van der Waals surface area contributed by atoms with E-state index < -0.39 is 5.97 Å². The van der Waals surface area contributed by atoms with Crippen LogP contribution in [0.3, 0.4) is 0 Å². The average Bonchev–Trinajstić information content (AvgIpc) is 2.92. The summed E-state index contributed by atoms with van der Waals surface area (Å²) in [7, 11) is 0. The van der Waals surface area contributed by atoms with E-state index in [4.69, 9.17) is 5.11 Å². The van der Waals surface area contributed by atoms with Crippen LogP contribution in [0.1, 0.15) is 21.3 Å². The van der Waals surface area contributed by atoms with Gasteiger partial charge in [-0.05, 0) is 13.8 Å². The van der Waals surface area contributed by atoms with Gasteiger partial charge in [0.1, 0.15) is 0 Å². The van der Waals surface area contributed by atoms with E-state index in [0.717, 1.165) is 21.3 Å². The highest BCUT2D eigenvalue weighted by molar-refractivity contribution is 7.17. The van der Waals surface area contributed by atoms with Crippen molar-refractivity contribution in [2.24, 2.45) is 0 Å². The molecular formula is C10H8N4O2S2. The lowest BCUT2D eigenvalue weighted by molar-refractivity contribution is 0.0682. The number of fused-ring (bicyclic) bond motifs is 1. The first kappa shape index (κ1) is 11.3. The van der Waals surface area contributed by atoms with Crippen LogP contribution in [0.15, 0.2) is 5.38 Å². The molecule has 0 atom stereocenters. The Kier molecular flexibility index (Phi) is 2.42. The van der Waals surface area contributed by atoms with Crippen molar-refractivity contribution in [1.82, 2.24) is 19.6 Å². The predicted octanol–water partition coefficient (Wildman–Crippen LogP) is 2.23. The lowest BCUT2D eigenvalue weighted by atomic mass is 10.3. The van der Waals surface area contributed by atoms with Gasteiger partial charge in [-0.3, -0.25) is 4.40 Å². The Bertz CT molecular complexity index is 755. The molecule has 6 nitrogen and oxygen atoms in total. The SMILES string of the molecule is Cc1nc(C)c(-c2csc3nnc(C(=O)O)n23)s1. The van der Waals surface area contributed by atoms with Crippen molar-refractivity contribution in [2.75, 3.05) is 0 Å². The molecule has 0 aliphatic heterocycles. The molecule has 92 valence electrons. The molecule has 8 heteroatoms. The smallest absolute Gasteiger partial charge is 0.374 e. The Labute approximate surface area is 110 Å². The molecule has 0 fully saturated rings. The Morgan fingerprint density at radius 2 is 2.17 bits per heavy atom. The van der Waals surface area contributed by atoms with Crippen molar-refractivity contribution in [1.29, 1.82) is 0 Å². The quantitative estimate of drug-likeness (QED) is 0.778. The molecule has 3 heterocycles. The summed E-state index contributed by atoms with van der Waals surface area (Å²) in [5.74, 6) is -1.15. The normalized spacial score (nSPS) is 11.2. The summed E-state index contributed by atoms with van der Waals surface area (Å²) in [6.07, 6.45) is 0. The number of aromatic nitrogens is 4. The first-order valence-electron chi connectivity index (χ1n) is 5.08. The molecule has 3 aromatic heterocycles. The Hall–Kier alpha value is -1.80. The van der Waals surface area contributed by atoms with Crippen molar-refractivity contribution in [2.45, 2.75) is 13.8 Å². The Balaban J connectivity index is 2.32. The molecule has 18 heavy (non-hydrogen) atoms. The molecule has 0 aliphatic rings. The van der Waals surface area contributed by atoms with Gasteiger partial charge < -0.3 is 5.11 Å². The van der Waals surface area contributed by atoms with Crippen molar-refractivity contribution >= 4 is 33.6 Å². The monoisotopic (exact) mass is 280 g/mol. The summed E-state index contributed by atoms with van der Waals surface area (Å²) in [5.41, 5.74) is 1.68. The zero-order valence-corrected chi connectivity index (χ0v) is 11.2. The average molecular weight is 280 g/mol. The molecule has 3 aromatic rings. The van der Waals surface area contributed by atoms with Crippen LogP contribution < -0.4 is 0 Å². The number of aryl methyl sites for hydroxylation is 2. The molecule has 1 N–H and O–H groups in total. The zero-order chi connectivity index (χ0) is 12.9. The van der Waals surface area contributed by atoms with Crippen LogP contribution in [0, 0.1) is 13.8 Å². The molecule has 3 rings (SSSR count). The number of hydrogen-bond donors (Lipinski definition) is 1. The van der Waals surface area contributed by atoms with Crippen LogP contribution in [0.2, 0.25) is 0 Å². The highest BCUT2D eigenvalue weighted by Crippen LogP contribution is 2.33. The topological polar surface area (TPSA) is 80.4 Å². The van der Waals surface area contributed by atoms with Gasteiger partial charge in [0.25, 0.3) is 0 Å². The second-order valence-corrected chi connectivity index (χ2v) is 5.75. The molecule has 0 saturated heterocycles. The van der Waals surface area contributed by atoms with Gasteiger partial charge in [0, 0.05) is 5.38 Å². The Morgan fingerprint density at radius 3 is 2.78 bits per heavy atom. The van der Waals surface area contributed by atoms with Crippen molar-refractivity contribution in [3.63, 3.8) is 0 Å². The summed E-state index contributed by atoms with van der Waals surface area (Å²) in [6, 6.07) is 0. The summed E-state index contributed by atoms with van der Waals surface area (Å²) >= 11 is 2.91. The van der Waals surface area contributed by atoms with Gasteiger partial charge in [-0.2, -0.15) is 0 Å². The van der Waals surface area contributed by atoms with Crippen LogP contribution in [-0.4, -0.2) is 30.7 Å². The van der Waals surface area contributed by atoms with E-state index in [0.29, 0.717) is 4.96 Å². The lowest BCUT2D eigenvalue weighted by Gasteiger charge is -1.97. The van der Waals surface area contributed by atoms with Gasteiger partial charge in [0.05, 0.1) is 21.3 Å². The summed E-state index contributed by atoms with van der Waals surface area (Å²) in [5, 5.41) is 19.5. The lowest BCUT2D eigenvalue weighted by Crippen LogP contribution is -2.04. The number of nitrogens with zero attached hydrogens (tertiary/aromatic N) is 4. The molecular weight excluding hydrogens is 272 g/mol. The molecule has 0 bridgehead atoms. The third kappa shape index (κ3) is 1.53. The minimum atomic E-state index is -1.08. The number of thiazole rings is 2. The first-order valence-corrected chi connectivity index (χ1v) is 6.78. The maximum absolute atomic E-state index is 11.1. The van der Waals surface area contributed by atoms with Crippen LogP contribution in [-0.2, 0) is 0 Å². The summed E-state index contributed by atoms with van der Waals surface area (Å²) in [4.78, 5) is 17.0. The second-order valence-electron chi connectivity index (χ2n) is 3.72. The third-order valence-corrected chi connectivity index (χ3v) is 4.39. The standard InChI is InChI=1S/C10H8N4O2S2/c1-4-7(18-5(2)11-4)6-3-17-10-13-12-8(9(15)16)14(6)10/h3H,1-2H3,(H,15,16). The first-order chi connectivity index (χ1) is 8.58. The highest BCUT2D eigenvalue weighted by Gasteiger charge is 2.20. The zero-order valence-electron chi connectivity index (χ0n) is 9.54. The highest BCUT2D eigenvalue weighted by atomic mass is 32.1. The minimum absolute atomic E-state index is 0.0632. The van der Waals surface area contributed by atoms with Crippen LogP contribution in [0.5, 0.6) is 0 Å². The fourth-order valence-corrected chi connectivity index (χ4v) is 3.61. The van der Waals surface area contributed by atoms with Crippen LogP contribution in [0.25, 0.3) is 15.5 Å². The maximum Gasteiger partial charge on any atom is 0.374 e. The van der Waals surface area contributed by atoms with E-state index in [2.05, 4.69) is 15.2 Å². The number of rotatable bonds is 2. The number of carboxylic acids is 1. The van der Waals surface area contributed by atoms with Gasteiger partial charge in [-0.25, -0.2) is 9.78 Å². The van der Waals surface area contributed by atoms with Crippen molar-refractivity contribution in [3.05, 3.63) is 21.9 Å². The van der Waals surface area contributed by atoms with E-state index in [1.54, 1.807) is 4.40 Å². The molecule has 0 saturated carbocycles. The number of carboxylic acid groups (broad SMARTS) is 1. The molecule has 0 aromatic carbocycles. The number of aromatic carboxylic acids is 1. The van der Waals surface area contributed by atoms with E-state index in [1.807, 2.05) is 19.2 Å². The van der Waals surface area contributed by atoms with Crippen LogP contribution >= 0.6 is 22.7 Å². The van der Waals surface area contributed by atoms with Crippen molar-refractivity contribution in [3.8, 4) is 10.6 Å². The third-order valence-electron chi connectivity index (χ3n) is 2.48. The molecule has 0 spiro atoms. The van der Waals surface area contributed by atoms with E-state index in [-0.39, 0.29) is 5.82 Å². The summed E-state index contributed by atoms with van der Waals surface area (Å²) < 4.78 is 1.56. The second kappa shape index (κ2) is 3.85. The molecule has 0 amide bonds.